The van der Waals surface area contributed by atoms with Gasteiger partial charge in [-0.15, -0.1) is 0 Å². The Kier molecular flexibility index (Phi) is 5.68. The van der Waals surface area contributed by atoms with Gasteiger partial charge < -0.3 is 14.4 Å². The lowest BCUT2D eigenvalue weighted by Gasteiger charge is -2.23. The number of ether oxygens (including phenoxy) is 2. The monoisotopic (exact) mass is 407 g/mol. The molecule has 10 heteroatoms. The third kappa shape index (κ3) is 4.33. The van der Waals surface area contributed by atoms with E-state index in [1.54, 1.807) is 6.20 Å². The van der Waals surface area contributed by atoms with Gasteiger partial charge in [-0.2, -0.15) is 5.10 Å². The third-order valence-electron chi connectivity index (χ3n) is 4.59. The fourth-order valence-electron chi connectivity index (χ4n) is 2.94. The number of sulfone groups is 1. The maximum absolute atomic E-state index is 12.4. The van der Waals surface area contributed by atoms with Crippen molar-refractivity contribution >= 4 is 21.7 Å². The van der Waals surface area contributed by atoms with Crippen LogP contribution in [0.3, 0.4) is 0 Å². The number of carbonyl (C=O) groups is 2. The van der Waals surface area contributed by atoms with Crippen molar-refractivity contribution in [2.24, 2.45) is 0 Å². The number of methoxy groups -OCH3 is 1. The summed E-state index contributed by atoms with van der Waals surface area (Å²) in [6, 6.07) is 8.75. The maximum Gasteiger partial charge on any atom is 0.363 e. The molecule has 3 rings (SSSR count). The zero-order chi connectivity index (χ0) is 20.3. The fraction of sp³-hybridized carbons (Fsp3) is 0.389. The molecule has 1 saturated heterocycles. The predicted molar refractivity (Wildman–Crippen MR) is 100 cm³/mol. The molecular weight excluding hydrogens is 386 g/mol. The summed E-state index contributed by atoms with van der Waals surface area (Å²) >= 11 is 0. The summed E-state index contributed by atoms with van der Waals surface area (Å²) in [5.74, 6) is -1.07. The van der Waals surface area contributed by atoms with Gasteiger partial charge >= 0.3 is 5.97 Å². The number of carbonyl (C=O) groups excluding carboxylic acids is 2. The van der Waals surface area contributed by atoms with E-state index in [-0.39, 0.29) is 22.9 Å². The smallest absolute Gasteiger partial charge is 0.363 e. The molecule has 0 aliphatic carbocycles. The second-order valence-corrected chi connectivity index (χ2v) is 8.69. The van der Waals surface area contributed by atoms with Crippen LogP contribution in [0.4, 0.5) is 0 Å². The predicted octanol–water partition coefficient (Wildman–Crippen LogP) is 0.683. The van der Waals surface area contributed by atoms with E-state index >= 15 is 0 Å². The highest BCUT2D eigenvalue weighted by Gasteiger charge is 2.33. The number of hydrogen-bond acceptors (Lipinski definition) is 7. The van der Waals surface area contributed by atoms with Gasteiger partial charge in [0.1, 0.15) is 0 Å². The number of para-hydroxylation sites is 1. The van der Waals surface area contributed by atoms with E-state index in [2.05, 4.69) is 5.10 Å². The van der Waals surface area contributed by atoms with Crippen molar-refractivity contribution in [3.8, 4) is 11.4 Å². The highest BCUT2D eigenvalue weighted by molar-refractivity contribution is 7.91. The van der Waals surface area contributed by atoms with Crippen LogP contribution in [0, 0.1) is 0 Å². The summed E-state index contributed by atoms with van der Waals surface area (Å²) in [5.41, 5.74) is 0.684. The molecule has 0 N–H and O–H groups in total. The molecule has 1 fully saturated rings. The Labute approximate surface area is 162 Å². The minimum absolute atomic E-state index is 0.0507. The molecule has 1 aliphatic heterocycles. The van der Waals surface area contributed by atoms with Gasteiger partial charge in [-0.05, 0) is 18.6 Å². The molecule has 1 amide bonds. The highest BCUT2D eigenvalue weighted by atomic mass is 32.2. The van der Waals surface area contributed by atoms with Crippen LogP contribution < -0.4 is 4.74 Å². The number of nitrogens with zero attached hydrogens (tertiary/aromatic N) is 3. The number of amides is 1. The second-order valence-electron chi connectivity index (χ2n) is 6.46. The van der Waals surface area contributed by atoms with Crippen LogP contribution in [0.2, 0.25) is 0 Å². The molecule has 2 heterocycles. The van der Waals surface area contributed by atoms with Gasteiger partial charge in [0, 0.05) is 13.1 Å². The van der Waals surface area contributed by atoms with Gasteiger partial charge in [-0.3, -0.25) is 4.79 Å². The molecule has 1 aromatic carbocycles. The molecule has 0 radical (unpaired) electrons. The lowest BCUT2D eigenvalue weighted by molar-refractivity contribution is -0.134. The average molecular weight is 407 g/mol. The number of benzene rings is 1. The van der Waals surface area contributed by atoms with E-state index in [0.29, 0.717) is 6.42 Å². The molecule has 1 aliphatic rings. The molecule has 1 aromatic heterocycles. The molecule has 28 heavy (non-hydrogen) atoms. The fourth-order valence-corrected chi connectivity index (χ4v) is 4.72. The summed E-state index contributed by atoms with van der Waals surface area (Å²) in [6.45, 7) is -0.507. The molecule has 150 valence electrons. The van der Waals surface area contributed by atoms with Crippen molar-refractivity contribution in [3.05, 3.63) is 42.2 Å². The van der Waals surface area contributed by atoms with E-state index in [1.807, 2.05) is 30.3 Å². The zero-order valence-corrected chi connectivity index (χ0v) is 16.4. The number of rotatable bonds is 6. The molecule has 2 aromatic rings. The van der Waals surface area contributed by atoms with Crippen LogP contribution in [0.1, 0.15) is 16.9 Å². The van der Waals surface area contributed by atoms with E-state index in [4.69, 9.17) is 9.47 Å². The number of esters is 1. The molecule has 1 atom stereocenters. The van der Waals surface area contributed by atoms with Crippen LogP contribution in [-0.4, -0.2) is 73.3 Å². The Morgan fingerprint density at radius 2 is 2.00 bits per heavy atom. The van der Waals surface area contributed by atoms with Crippen molar-refractivity contribution in [1.82, 2.24) is 14.7 Å². The third-order valence-corrected chi connectivity index (χ3v) is 6.34. The van der Waals surface area contributed by atoms with Gasteiger partial charge in [-0.25, -0.2) is 17.9 Å². The van der Waals surface area contributed by atoms with Crippen molar-refractivity contribution in [1.29, 1.82) is 0 Å². The molecule has 9 nitrogen and oxygen atoms in total. The molecule has 0 spiro atoms. The lowest BCUT2D eigenvalue weighted by Crippen LogP contribution is -2.40. The molecule has 0 bridgehead atoms. The van der Waals surface area contributed by atoms with Crippen molar-refractivity contribution < 1.29 is 27.5 Å². The summed E-state index contributed by atoms with van der Waals surface area (Å²) in [4.78, 5) is 25.9. The maximum atomic E-state index is 12.4. The molecule has 1 unspecified atom stereocenters. The Morgan fingerprint density at radius 1 is 1.29 bits per heavy atom. The minimum atomic E-state index is -3.11. The van der Waals surface area contributed by atoms with Gasteiger partial charge in [0.05, 0.1) is 30.5 Å². The standard InChI is InChI=1S/C18H21N3O6S/c1-20(14-8-9-28(24,25)12-14)16(22)11-27-18(23)17-15(26-2)10-21(19-17)13-6-4-3-5-7-13/h3-7,10,14H,8-9,11-12H2,1-2H3. The van der Waals surface area contributed by atoms with Gasteiger partial charge in [-0.1, -0.05) is 18.2 Å². The van der Waals surface area contributed by atoms with E-state index < -0.39 is 34.4 Å². The second kappa shape index (κ2) is 8.01. The first-order valence-corrected chi connectivity index (χ1v) is 10.4. The Balaban J connectivity index is 1.65. The Bertz CT molecular complexity index is 970. The lowest BCUT2D eigenvalue weighted by atomic mass is 10.2. The van der Waals surface area contributed by atoms with Crippen LogP contribution in [0.15, 0.2) is 36.5 Å². The summed E-state index contributed by atoms with van der Waals surface area (Å²) in [7, 11) is -0.200. The van der Waals surface area contributed by atoms with Crippen LogP contribution in [0.25, 0.3) is 5.69 Å². The van der Waals surface area contributed by atoms with Crippen molar-refractivity contribution in [3.63, 3.8) is 0 Å². The summed E-state index contributed by atoms with van der Waals surface area (Å²) in [5, 5.41) is 4.18. The van der Waals surface area contributed by atoms with Crippen LogP contribution in [0.5, 0.6) is 5.75 Å². The van der Waals surface area contributed by atoms with Crippen LogP contribution >= 0.6 is 0 Å². The summed E-state index contributed by atoms with van der Waals surface area (Å²) in [6.07, 6.45) is 1.93. The zero-order valence-electron chi connectivity index (χ0n) is 15.6. The number of hydrogen-bond donors (Lipinski definition) is 0. The molecular formula is C18H21N3O6S. The minimum Gasteiger partial charge on any atom is -0.493 e. The quantitative estimate of drug-likeness (QED) is 0.648. The van der Waals surface area contributed by atoms with Gasteiger partial charge in [0.15, 0.2) is 22.2 Å². The Morgan fingerprint density at radius 3 is 2.61 bits per heavy atom. The first kappa shape index (κ1) is 19.9. The van der Waals surface area contributed by atoms with Crippen LogP contribution in [-0.2, 0) is 19.4 Å². The first-order chi connectivity index (χ1) is 13.3. The first-order valence-electron chi connectivity index (χ1n) is 8.63. The number of aromatic nitrogens is 2. The highest BCUT2D eigenvalue weighted by Crippen LogP contribution is 2.21. The van der Waals surface area contributed by atoms with E-state index in [0.717, 1.165) is 5.69 Å². The topological polar surface area (TPSA) is 108 Å². The number of likely N-dealkylation sites (N-methyl/N-ethyl adjacent to an activating group) is 1. The summed E-state index contributed by atoms with van der Waals surface area (Å²) < 4.78 is 34.9. The van der Waals surface area contributed by atoms with E-state index in [9.17, 15) is 18.0 Å². The largest absolute Gasteiger partial charge is 0.493 e. The normalized spacial score (nSPS) is 17.9. The Hall–Kier alpha value is -2.88. The van der Waals surface area contributed by atoms with Gasteiger partial charge in [0.2, 0.25) is 5.69 Å². The average Bonchev–Trinajstić information content (AvgIpc) is 3.29. The molecule has 0 saturated carbocycles. The van der Waals surface area contributed by atoms with Gasteiger partial charge in [0.25, 0.3) is 5.91 Å². The van der Waals surface area contributed by atoms with Crippen molar-refractivity contribution in [2.75, 3.05) is 32.3 Å². The SMILES string of the molecule is COc1cn(-c2ccccc2)nc1C(=O)OCC(=O)N(C)C1CCS(=O)(=O)C1. The van der Waals surface area contributed by atoms with Crippen molar-refractivity contribution in [2.45, 2.75) is 12.5 Å². The van der Waals surface area contributed by atoms with E-state index in [1.165, 1.54) is 23.7 Å².